The zero-order chi connectivity index (χ0) is 13.0. The molecule has 0 spiro atoms. The predicted octanol–water partition coefficient (Wildman–Crippen LogP) is 1.29. The minimum absolute atomic E-state index is 0.134. The van der Waals surface area contributed by atoms with Gasteiger partial charge in [-0.1, -0.05) is 0 Å². The summed E-state index contributed by atoms with van der Waals surface area (Å²) >= 11 is 0. The van der Waals surface area contributed by atoms with Crippen molar-refractivity contribution in [2.45, 2.75) is 6.42 Å². The van der Waals surface area contributed by atoms with Crippen LogP contribution in [0.25, 0.3) is 0 Å². The molecule has 3 N–H and O–H groups in total. The van der Waals surface area contributed by atoms with E-state index < -0.39 is 5.97 Å². The molecule has 0 fully saturated rings. The highest BCUT2D eigenvalue weighted by Crippen LogP contribution is 2.08. The van der Waals surface area contributed by atoms with Crippen LogP contribution in [0.3, 0.4) is 0 Å². The van der Waals surface area contributed by atoms with Gasteiger partial charge in [0.25, 0.3) is 5.91 Å². The van der Waals surface area contributed by atoms with Crippen molar-refractivity contribution in [3.8, 4) is 0 Å². The number of hydrogen-bond acceptors (Lipinski definition) is 3. The van der Waals surface area contributed by atoms with Crippen molar-refractivity contribution in [2.75, 3.05) is 5.32 Å². The van der Waals surface area contributed by atoms with Gasteiger partial charge in [0.15, 0.2) is 0 Å². The third-order valence-electron chi connectivity index (χ3n) is 2.26. The number of aromatic amines is 1. The second kappa shape index (κ2) is 5.13. The van der Waals surface area contributed by atoms with Gasteiger partial charge in [-0.15, -0.1) is 0 Å². The molecule has 2 aromatic heterocycles. The average molecular weight is 245 g/mol. The fraction of sp³-hybridized carbons (Fsp3) is 0.0833. The van der Waals surface area contributed by atoms with Gasteiger partial charge in [0.1, 0.15) is 5.69 Å². The molecule has 0 aromatic carbocycles. The number of aliphatic carboxylic acids is 1. The van der Waals surface area contributed by atoms with E-state index in [9.17, 15) is 9.59 Å². The van der Waals surface area contributed by atoms with Crippen molar-refractivity contribution in [1.82, 2.24) is 9.97 Å². The topological polar surface area (TPSA) is 95.1 Å². The van der Waals surface area contributed by atoms with E-state index in [-0.39, 0.29) is 12.3 Å². The Hall–Kier alpha value is -2.63. The van der Waals surface area contributed by atoms with Crippen LogP contribution in [-0.2, 0) is 11.2 Å². The maximum Gasteiger partial charge on any atom is 0.309 e. The highest BCUT2D eigenvalue weighted by Gasteiger charge is 2.07. The molecule has 0 aliphatic heterocycles. The van der Waals surface area contributed by atoms with Gasteiger partial charge in [-0.25, -0.2) is 0 Å². The van der Waals surface area contributed by atoms with Crippen LogP contribution < -0.4 is 5.32 Å². The van der Waals surface area contributed by atoms with Crippen LogP contribution in [0.1, 0.15) is 16.2 Å². The molecule has 1 amide bonds. The van der Waals surface area contributed by atoms with E-state index in [2.05, 4.69) is 15.3 Å². The maximum absolute atomic E-state index is 11.7. The molecule has 18 heavy (non-hydrogen) atoms. The van der Waals surface area contributed by atoms with Crippen LogP contribution in [0.4, 0.5) is 5.69 Å². The molecular weight excluding hydrogens is 234 g/mol. The number of nitrogens with one attached hydrogen (secondary N) is 2. The van der Waals surface area contributed by atoms with Gasteiger partial charge in [0.05, 0.1) is 24.0 Å². The average Bonchev–Trinajstić information content (AvgIpc) is 2.84. The summed E-state index contributed by atoms with van der Waals surface area (Å²) in [6.45, 7) is 0. The monoisotopic (exact) mass is 245 g/mol. The minimum Gasteiger partial charge on any atom is -0.481 e. The lowest BCUT2D eigenvalue weighted by Gasteiger charge is -2.04. The van der Waals surface area contributed by atoms with Crippen LogP contribution in [0.15, 0.2) is 36.7 Å². The van der Waals surface area contributed by atoms with Crippen LogP contribution in [0.5, 0.6) is 0 Å². The molecule has 2 rings (SSSR count). The van der Waals surface area contributed by atoms with Crippen molar-refractivity contribution >= 4 is 17.6 Å². The van der Waals surface area contributed by atoms with Crippen LogP contribution >= 0.6 is 0 Å². The van der Waals surface area contributed by atoms with Crippen molar-refractivity contribution in [3.63, 3.8) is 0 Å². The first kappa shape index (κ1) is 11.8. The molecule has 0 aliphatic rings. The quantitative estimate of drug-likeness (QED) is 0.756. The summed E-state index contributed by atoms with van der Waals surface area (Å²) in [6.07, 6.45) is 2.95. The lowest BCUT2D eigenvalue weighted by molar-refractivity contribution is -0.136. The lowest BCUT2D eigenvalue weighted by Crippen LogP contribution is -2.12. The van der Waals surface area contributed by atoms with Crippen LogP contribution in [-0.4, -0.2) is 27.0 Å². The normalized spacial score (nSPS) is 10.0. The molecule has 0 bridgehead atoms. The van der Waals surface area contributed by atoms with Crippen molar-refractivity contribution in [3.05, 3.63) is 48.0 Å². The zero-order valence-electron chi connectivity index (χ0n) is 9.38. The Kier molecular flexibility index (Phi) is 3.38. The Bertz CT molecular complexity index is 546. The van der Waals surface area contributed by atoms with Gasteiger partial charge in [-0.05, 0) is 24.3 Å². The third kappa shape index (κ3) is 2.94. The van der Waals surface area contributed by atoms with Crippen LogP contribution in [0, 0.1) is 0 Å². The second-order valence-corrected chi connectivity index (χ2v) is 3.65. The zero-order valence-corrected chi connectivity index (χ0v) is 9.38. The van der Waals surface area contributed by atoms with Gasteiger partial charge >= 0.3 is 5.97 Å². The third-order valence-corrected chi connectivity index (χ3v) is 2.26. The summed E-state index contributed by atoms with van der Waals surface area (Å²) in [4.78, 5) is 28.9. The molecule has 2 heterocycles. The second-order valence-electron chi connectivity index (χ2n) is 3.65. The smallest absolute Gasteiger partial charge is 0.309 e. The predicted molar refractivity (Wildman–Crippen MR) is 64.3 cm³/mol. The molecule has 0 saturated heterocycles. The number of hydrogen-bond donors (Lipinski definition) is 3. The van der Waals surface area contributed by atoms with Gasteiger partial charge in [0, 0.05) is 6.20 Å². The SMILES string of the molecule is O=C(O)Cc1ccc(NC(=O)c2ccc[nH]2)cn1. The Morgan fingerprint density at radius 2 is 2.17 bits per heavy atom. The summed E-state index contributed by atoms with van der Waals surface area (Å²) in [5.41, 5.74) is 1.41. The van der Waals surface area contributed by atoms with E-state index in [4.69, 9.17) is 5.11 Å². The Morgan fingerprint density at radius 1 is 1.33 bits per heavy atom. The summed E-state index contributed by atoms with van der Waals surface area (Å²) in [7, 11) is 0. The highest BCUT2D eigenvalue weighted by molar-refractivity contribution is 6.02. The molecule has 6 nitrogen and oxygen atoms in total. The first-order chi connectivity index (χ1) is 8.65. The number of carboxylic acid groups (broad SMARTS) is 1. The number of H-pyrrole nitrogens is 1. The number of anilines is 1. The van der Waals surface area contributed by atoms with Gasteiger partial charge in [0.2, 0.25) is 0 Å². The Morgan fingerprint density at radius 3 is 2.72 bits per heavy atom. The van der Waals surface area contributed by atoms with Crippen molar-refractivity contribution < 1.29 is 14.7 Å². The highest BCUT2D eigenvalue weighted by atomic mass is 16.4. The van der Waals surface area contributed by atoms with Crippen molar-refractivity contribution in [2.24, 2.45) is 0 Å². The minimum atomic E-state index is -0.939. The number of rotatable bonds is 4. The van der Waals surface area contributed by atoms with E-state index in [0.29, 0.717) is 17.1 Å². The van der Waals surface area contributed by atoms with E-state index in [1.165, 1.54) is 6.20 Å². The molecule has 0 saturated carbocycles. The summed E-state index contributed by atoms with van der Waals surface area (Å²) in [5, 5.41) is 11.2. The first-order valence-corrected chi connectivity index (χ1v) is 5.26. The number of amides is 1. The summed E-state index contributed by atoms with van der Waals surface area (Å²) in [6, 6.07) is 6.56. The number of nitrogens with zero attached hydrogens (tertiary/aromatic N) is 1. The Balaban J connectivity index is 2.02. The fourth-order valence-corrected chi connectivity index (χ4v) is 1.43. The molecule has 0 unspecified atom stereocenters. The summed E-state index contributed by atoms with van der Waals surface area (Å²) < 4.78 is 0. The molecule has 2 aromatic rings. The largest absolute Gasteiger partial charge is 0.481 e. The lowest BCUT2D eigenvalue weighted by atomic mass is 10.2. The first-order valence-electron chi connectivity index (χ1n) is 5.26. The van der Waals surface area contributed by atoms with Crippen LogP contribution in [0.2, 0.25) is 0 Å². The standard InChI is InChI=1S/C12H11N3O3/c16-11(17)6-8-3-4-9(7-14-8)15-12(18)10-2-1-5-13-10/h1-5,7,13H,6H2,(H,15,18)(H,16,17). The fourth-order valence-electron chi connectivity index (χ4n) is 1.43. The molecule has 0 atom stereocenters. The number of aromatic nitrogens is 2. The number of pyridine rings is 1. The molecule has 0 radical (unpaired) electrons. The number of carbonyl (C=O) groups excluding carboxylic acids is 1. The molecule has 92 valence electrons. The van der Waals surface area contributed by atoms with E-state index in [1.54, 1.807) is 30.5 Å². The molecule has 6 heteroatoms. The van der Waals surface area contributed by atoms with Gasteiger partial charge < -0.3 is 15.4 Å². The Labute approximate surface area is 103 Å². The number of carboxylic acids is 1. The maximum atomic E-state index is 11.7. The van der Waals surface area contributed by atoms with E-state index in [0.717, 1.165) is 0 Å². The number of carbonyl (C=O) groups is 2. The van der Waals surface area contributed by atoms with E-state index >= 15 is 0 Å². The molecular formula is C12H11N3O3. The van der Waals surface area contributed by atoms with Crippen molar-refractivity contribution in [1.29, 1.82) is 0 Å². The van der Waals surface area contributed by atoms with Gasteiger partial charge in [-0.2, -0.15) is 0 Å². The summed E-state index contributed by atoms with van der Waals surface area (Å²) in [5.74, 6) is -1.21. The van der Waals surface area contributed by atoms with E-state index in [1.807, 2.05) is 0 Å². The van der Waals surface area contributed by atoms with Gasteiger partial charge in [-0.3, -0.25) is 14.6 Å². The molecule has 0 aliphatic carbocycles.